The first-order chi connectivity index (χ1) is 12.8. The van der Waals surface area contributed by atoms with Gasteiger partial charge in [0.25, 0.3) is 0 Å². The maximum Gasteiger partial charge on any atom is 0.231 e. The first kappa shape index (κ1) is 16.9. The second-order valence-electron chi connectivity index (χ2n) is 6.36. The fraction of sp³-hybridized carbons (Fsp3) is 0.238. The molecule has 0 bridgehead atoms. The second kappa shape index (κ2) is 7.38. The lowest BCUT2D eigenvalue weighted by Crippen LogP contribution is -2.21. The molecule has 0 saturated carbocycles. The monoisotopic (exact) mass is 363 g/mol. The van der Waals surface area contributed by atoms with Crippen LogP contribution in [0.2, 0.25) is 0 Å². The summed E-state index contributed by atoms with van der Waals surface area (Å²) in [5.41, 5.74) is 3.73. The van der Waals surface area contributed by atoms with Gasteiger partial charge < -0.3 is 9.88 Å². The Morgan fingerprint density at radius 1 is 1.19 bits per heavy atom. The Morgan fingerprint density at radius 2 is 1.96 bits per heavy atom. The number of para-hydroxylation sites is 1. The number of amides is 1. The maximum atomic E-state index is 12.9. The number of hydrogen-bond acceptors (Lipinski definition) is 3. The molecular formula is C21H21N3OS. The zero-order chi connectivity index (χ0) is 17.9. The van der Waals surface area contributed by atoms with E-state index in [4.69, 9.17) is 4.98 Å². The molecule has 4 rings (SSSR count). The zero-order valence-electron chi connectivity index (χ0n) is 14.7. The number of nitrogens with one attached hydrogen (secondary N) is 1. The van der Waals surface area contributed by atoms with Crippen LogP contribution in [-0.4, -0.2) is 21.2 Å². The smallest absolute Gasteiger partial charge is 0.231 e. The van der Waals surface area contributed by atoms with Crippen molar-refractivity contribution in [2.24, 2.45) is 0 Å². The van der Waals surface area contributed by atoms with E-state index in [-0.39, 0.29) is 11.8 Å². The van der Waals surface area contributed by atoms with Crippen LogP contribution in [0, 0.1) is 0 Å². The Bertz CT molecular complexity index is 899. The fourth-order valence-electron chi connectivity index (χ4n) is 3.33. The number of carbonyl (C=O) groups excluding carboxylic acids is 1. The summed E-state index contributed by atoms with van der Waals surface area (Å²) in [7, 11) is 0. The van der Waals surface area contributed by atoms with Crippen LogP contribution in [0.3, 0.4) is 0 Å². The lowest BCUT2D eigenvalue weighted by molar-refractivity contribution is -0.117. The van der Waals surface area contributed by atoms with Crippen LogP contribution in [0.15, 0.2) is 66.0 Å². The van der Waals surface area contributed by atoms with Gasteiger partial charge in [0.1, 0.15) is 0 Å². The molecule has 2 aromatic carbocycles. The van der Waals surface area contributed by atoms with E-state index in [1.165, 1.54) is 0 Å². The molecule has 0 aliphatic carbocycles. The molecule has 0 spiro atoms. The molecule has 0 radical (unpaired) electrons. The van der Waals surface area contributed by atoms with E-state index in [1.54, 1.807) is 11.8 Å². The number of carbonyl (C=O) groups is 1. The van der Waals surface area contributed by atoms with Crippen molar-refractivity contribution in [3.8, 4) is 11.3 Å². The molecule has 132 valence electrons. The van der Waals surface area contributed by atoms with E-state index >= 15 is 0 Å². The first-order valence-corrected chi connectivity index (χ1v) is 9.90. The van der Waals surface area contributed by atoms with Gasteiger partial charge in [0.2, 0.25) is 5.91 Å². The number of aromatic nitrogens is 2. The van der Waals surface area contributed by atoms with Gasteiger partial charge in [0, 0.05) is 24.1 Å². The number of nitrogens with zero attached hydrogens (tertiary/aromatic N) is 2. The van der Waals surface area contributed by atoms with E-state index in [0.717, 1.165) is 46.4 Å². The highest BCUT2D eigenvalue weighted by molar-refractivity contribution is 7.99. The summed E-state index contributed by atoms with van der Waals surface area (Å²) >= 11 is 1.77. The number of aryl methyl sites for hydroxylation is 1. The molecule has 4 nitrogen and oxygen atoms in total. The second-order valence-corrected chi connectivity index (χ2v) is 7.42. The quantitative estimate of drug-likeness (QED) is 0.709. The Labute approximate surface area is 157 Å². The third-order valence-corrected chi connectivity index (χ3v) is 5.66. The Balaban J connectivity index is 1.61. The zero-order valence-corrected chi connectivity index (χ0v) is 15.5. The summed E-state index contributed by atoms with van der Waals surface area (Å²) in [6.07, 6.45) is 2.84. The molecule has 0 saturated heterocycles. The van der Waals surface area contributed by atoms with E-state index in [2.05, 4.69) is 16.1 Å². The van der Waals surface area contributed by atoms with Crippen molar-refractivity contribution in [2.45, 2.75) is 31.0 Å². The summed E-state index contributed by atoms with van der Waals surface area (Å²) in [5, 5.41) is 4.18. The molecule has 1 aromatic heterocycles. The molecule has 1 aliphatic rings. The number of hydrogen-bond donors (Lipinski definition) is 1. The molecule has 0 fully saturated rings. The Morgan fingerprint density at radius 3 is 2.73 bits per heavy atom. The minimum Gasteiger partial charge on any atom is -0.325 e. The van der Waals surface area contributed by atoms with Gasteiger partial charge in [-0.15, -0.1) is 0 Å². The Hall–Kier alpha value is -2.53. The van der Waals surface area contributed by atoms with Crippen LogP contribution in [0.25, 0.3) is 11.3 Å². The van der Waals surface area contributed by atoms with Gasteiger partial charge in [-0.2, -0.15) is 0 Å². The van der Waals surface area contributed by atoms with Crippen molar-refractivity contribution in [1.82, 2.24) is 9.55 Å². The molecule has 1 atom stereocenters. The van der Waals surface area contributed by atoms with Crippen LogP contribution in [0.5, 0.6) is 0 Å². The lowest BCUT2D eigenvalue weighted by Gasteiger charge is -2.17. The van der Waals surface area contributed by atoms with Crippen LogP contribution in [0.1, 0.15) is 24.8 Å². The van der Waals surface area contributed by atoms with Crippen molar-refractivity contribution in [2.75, 3.05) is 11.1 Å². The number of fused-ring (bicyclic) bond motifs is 1. The van der Waals surface area contributed by atoms with Gasteiger partial charge >= 0.3 is 0 Å². The minimum absolute atomic E-state index is 0.0206. The van der Waals surface area contributed by atoms with Gasteiger partial charge in [-0.25, -0.2) is 4.98 Å². The average Bonchev–Trinajstić information content (AvgIpc) is 3.26. The van der Waals surface area contributed by atoms with Crippen molar-refractivity contribution in [3.05, 3.63) is 66.4 Å². The van der Waals surface area contributed by atoms with Crippen LogP contribution in [-0.2, 0) is 11.3 Å². The maximum absolute atomic E-state index is 12.9. The highest BCUT2D eigenvalue weighted by Crippen LogP contribution is 2.33. The number of anilines is 1. The molecule has 26 heavy (non-hydrogen) atoms. The number of thioether (sulfide) groups is 1. The Kier molecular flexibility index (Phi) is 4.80. The summed E-state index contributed by atoms with van der Waals surface area (Å²) in [5.74, 6) is 0.940. The van der Waals surface area contributed by atoms with Crippen LogP contribution >= 0.6 is 11.8 Å². The third-order valence-electron chi connectivity index (χ3n) is 4.69. The van der Waals surface area contributed by atoms with E-state index < -0.39 is 0 Å². The topological polar surface area (TPSA) is 46.9 Å². The largest absolute Gasteiger partial charge is 0.325 e. The normalized spacial score (nSPS) is 14.0. The lowest BCUT2D eigenvalue weighted by atomic mass is 9.95. The first-order valence-electron chi connectivity index (χ1n) is 8.91. The van der Waals surface area contributed by atoms with Gasteiger partial charge in [-0.3, -0.25) is 4.79 Å². The average molecular weight is 363 g/mol. The van der Waals surface area contributed by atoms with E-state index in [9.17, 15) is 4.79 Å². The summed E-state index contributed by atoms with van der Waals surface area (Å²) in [6.45, 7) is 3.04. The highest BCUT2D eigenvalue weighted by atomic mass is 32.2. The molecule has 1 amide bonds. The van der Waals surface area contributed by atoms with Gasteiger partial charge in [0.05, 0.1) is 17.3 Å². The minimum atomic E-state index is -0.160. The van der Waals surface area contributed by atoms with Crippen molar-refractivity contribution >= 4 is 23.4 Å². The van der Waals surface area contributed by atoms with Crippen LogP contribution in [0.4, 0.5) is 5.69 Å². The van der Waals surface area contributed by atoms with E-state index in [1.807, 2.05) is 61.5 Å². The molecule has 5 heteroatoms. The summed E-state index contributed by atoms with van der Waals surface area (Å²) in [4.78, 5) is 17.7. The van der Waals surface area contributed by atoms with Gasteiger partial charge in [-0.05, 0) is 18.1 Å². The molecule has 1 unspecified atom stereocenters. The van der Waals surface area contributed by atoms with Crippen molar-refractivity contribution in [1.29, 1.82) is 0 Å². The fourth-order valence-corrected chi connectivity index (χ4v) is 4.28. The predicted molar refractivity (Wildman–Crippen MR) is 106 cm³/mol. The SMILES string of the molecule is CCC(C(=O)Nc1ccccc1-c1cn2c(n1)SCC2)c1ccccc1. The summed E-state index contributed by atoms with van der Waals surface area (Å²) < 4.78 is 2.18. The van der Waals surface area contributed by atoms with E-state index in [0.29, 0.717) is 0 Å². The standard InChI is InChI=1S/C21H21N3OS/c1-2-16(15-8-4-3-5-9-15)20(25)22-18-11-7-6-10-17(18)19-14-24-12-13-26-21(24)23-19/h3-11,14,16H,2,12-13H2,1H3,(H,22,25). The number of benzene rings is 2. The molecule has 1 N–H and O–H groups in total. The number of rotatable bonds is 5. The molecular weight excluding hydrogens is 342 g/mol. The third kappa shape index (κ3) is 3.27. The van der Waals surface area contributed by atoms with Crippen molar-refractivity contribution < 1.29 is 4.79 Å². The van der Waals surface area contributed by atoms with Crippen LogP contribution < -0.4 is 5.32 Å². The number of imidazole rings is 1. The summed E-state index contributed by atoms with van der Waals surface area (Å²) in [6, 6.07) is 17.8. The highest BCUT2D eigenvalue weighted by Gasteiger charge is 2.21. The molecule has 3 aromatic rings. The predicted octanol–water partition coefficient (Wildman–Crippen LogP) is 4.79. The van der Waals surface area contributed by atoms with Crippen molar-refractivity contribution in [3.63, 3.8) is 0 Å². The van der Waals surface area contributed by atoms with Gasteiger partial charge in [0.15, 0.2) is 5.16 Å². The molecule has 2 heterocycles. The van der Waals surface area contributed by atoms with Gasteiger partial charge in [-0.1, -0.05) is 67.2 Å². The molecule has 1 aliphatic heterocycles.